The third-order valence-electron chi connectivity index (χ3n) is 3.56. The molecule has 1 heterocycles. The van der Waals surface area contributed by atoms with Gasteiger partial charge in [-0.2, -0.15) is 0 Å². The van der Waals surface area contributed by atoms with Gasteiger partial charge in [-0.1, -0.05) is 0 Å². The highest BCUT2D eigenvalue weighted by molar-refractivity contribution is 5.98. The molecular formula is C14H20N2O4. The summed E-state index contributed by atoms with van der Waals surface area (Å²) in [6.07, 6.45) is 0. The lowest BCUT2D eigenvalue weighted by molar-refractivity contribution is 0.0677. The summed E-state index contributed by atoms with van der Waals surface area (Å²) < 4.78 is 15.9. The van der Waals surface area contributed by atoms with Gasteiger partial charge in [0.1, 0.15) is 0 Å². The smallest absolute Gasteiger partial charge is 0.257 e. The average molecular weight is 280 g/mol. The number of ether oxygens (including phenoxy) is 3. The molecule has 0 saturated carbocycles. The second-order valence-electron chi connectivity index (χ2n) is 4.61. The van der Waals surface area contributed by atoms with E-state index in [1.54, 1.807) is 31.2 Å². The summed E-state index contributed by atoms with van der Waals surface area (Å²) in [4.78, 5) is 14.3. The Balaban J connectivity index is 2.37. The summed E-state index contributed by atoms with van der Waals surface area (Å²) in [5, 5.41) is 3.15. The van der Waals surface area contributed by atoms with E-state index in [4.69, 9.17) is 14.2 Å². The van der Waals surface area contributed by atoms with Crippen molar-refractivity contribution >= 4 is 5.91 Å². The van der Waals surface area contributed by atoms with Gasteiger partial charge < -0.3 is 24.4 Å². The molecule has 0 bridgehead atoms. The van der Waals surface area contributed by atoms with Crippen LogP contribution >= 0.6 is 0 Å². The van der Waals surface area contributed by atoms with Crippen LogP contribution in [0.3, 0.4) is 0 Å². The quantitative estimate of drug-likeness (QED) is 0.862. The van der Waals surface area contributed by atoms with Crippen molar-refractivity contribution in [3.05, 3.63) is 17.7 Å². The van der Waals surface area contributed by atoms with E-state index in [9.17, 15) is 4.79 Å². The molecular weight excluding hydrogens is 260 g/mol. The fraction of sp³-hybridized carbons (Fsp3) is 0.500. The monoisotopic (exact) mass is 280 g/mol. The molecule has 20 heavy (non-hydrogen) atoms. The zero-order valence-corrected chi connectivity index (χ0v) is 12.2. The van der Waals surface area contributed by atoms with E-state index in [1.165, 1.54) is 14.2 Å². The van der Waals surface area contributed by atoms with Gasteiger partial charge >= 0.3 is 0 Å². The van der Waals surface area contributed by atoms with Crippen LogP contribution in [0.25, 0.3) is 0 Å². The van der Waals surface area contributed by atoms with Gasteiger partial charge in [0.25, 0.3) is 5.91 Å². The zero-order valence-electron chi connectivity index (χ0n) is 12.2. The van der Waals surface area contributed by atoms with Crippen molar-refractivity contribution < 1.29 is 19.0 Å². The Kier molecular flexibility index (Phi) is 4.34. The molecule has 1 amide bonds. The Morgan fingerprint density at radius 1 is 1.15 bits per heavy atom. The highest BCUT2D eigenvalue weighted by Gasteiger charge is 2.29. The van der Waals surface area contributed by atoms with E-state index in [0.717, 1.165) is 13.1 Å². The number of likely N-dealkylation sites (N-methyl/N-ethyl adjacent to an activating group) is 1. The molecule has 0 atom stereocenters. The SMILES string of the molecule is COc1ccc(C(=O)N(C)C2CNC2)c(OC)c1OC. The molecule has 1 N–H and O–H groups in total. The minimum Gasteiger partial charge on any atom is -0.493 e. The van der Waals surface area contributed by atoms with Gasteiger partial charge in [0.05, 0.1) is 32.9 Å². The van der Waals surface area contributed by atoms with Crippen molar-refractivity contribution in [3.8, 4) is 17.2 Å². The summed E-state index contributed by atoms with van der Waals surface area (Å²) in [5.41, 5.74) is 0.472. The van der Waals surface area contributed by atoms with Crippen LogP contribution in [-0.2, 0) is 0 Å². The standard InChI is InChI=1S/C14H20N2O4/c1-16(9-7-15-8-9)14(17)10-5-6-11(18-2)13(20-4)12(10)19-3/h5-6,9,15H,7-8H2,1-4H3. The van der Waals surface area contributed by atoms with E-state index < -0.39 is 0 Å². The Labute approximate surface area is 118 Å². The zero-order chi connectivity index (χ0) is 14.7. The maximum atomic E-state index is 12.5. The number of benzene rings is 1. The summed E-state index contributed by atoms with van der Waals surface area (Å²) >= 11 is 0. The van der Waals surface area contributed by atoms with Crippen molar-refractivity contribution in [1.29, 1.82) is 0 Å². The number of methoxy groups -OCH3 is 3. The van der Waals surface area contributed by atoms with Gasteiger partial charge in [-0.15, -0.1) is 0 Å². The lowest BCUT2D eigenvalue weighted by atomic mass is 10.1. The molecule has 0 unspecified atom stereocenters. The van der Waals surface area contributed by atoms with Crippen LogP contribution in [-0.4, -0.2) is 58.3 Å². The summed E-state index contributed by atoms with van der Waals surface area (Å²) in [6, 6.07) is 3.63. The predicted octanol–water partition coefficient (Wildman–Crippen LogP) is 0.756. The van der Waals surface area contributed by atoms with Crippen LogP contribution in [0.2, 0.25) is 0 Å². The first-order valence-corrected chi connectivity index (χ1v) is 6.40. The number of nitrogens with one attached hydrogen (secondary N) is 1. The number of carbonyl (C=O) groups is 1. The molecule has 1 aromatic rings. The van der Waals surface area contributed by atoms with Gasteiger partial charge in [-0.05, 0) is 12.1 Å². The van der Waals surface area contributed by atoms with Crippen molar-refractivity contribution in [2.45, 2.75) is 6.04 Å². The van der Waals surface area contributed by atoms with Gasteiger partial charge in [-0.3, -0.25) is 4.79 Å². The molecule has 0 aliphatic carbocycles. The van der Waals surface area contributed by atoms with E-state index >= 15 is 0 Å². The second-order valence-corrected chi connectivity index (χ2v) is 4.61. The summed E-state index contributed by atoms with van der Waals surface area (Å²) in [7, 11) is 6.38. The first-order chi connectivity index (χ1) is 9.63. The largest absolute Gasteiger partial charge is 0.493 e. The molecule has 1 aromatic carbocycles. The molecule has 1 saturated heterocycles. The van der Waals surface area contributed by atoms with E-state index in [2.05, 4.69) is 5.32 Å². The van der Waals surface area contributed by atoms with Gasteiger partial charge in [0.15, 0.2) is 11.5 Å². The van der Waals surface area contributed by atoms with Crippen LogP contribution in [0, 0.1) is 0 Å². The number of amides is 1. The summed E-state index contributed by atoms with van der Waals surface area (Å²) in [5.74, 6) is 1.28. The topological polar surface area (TPSA) is 60.0 Å². The van der Waals surface area contributed by atoms with Crippen LogP contribution in [0.4, 0.5) is 0 Å². The van der Waals surface area contributed by atoms with Gasteiger partial charge in [0, 0.05) is 20.1 Å². The molecule has 0 radical (unpaired) electrons. The maximum Gasteiger partial charge on any atom is 0.257 e. The number of hydrogen-bond donors (Lipinski definition) is 1. The number of carbonyl (C=O) groups excluding carboxylic acids is 1. The Bertz CT molecular complexity index is 500. The van der Waals surface area contributed by atoms with Crippen molar-refractivity contribution in [3.63, 3.8) is 0 Å². The van der Waals surface area contributed by atoms with E-state index in [-0.39, 0.29) is 11.9 Å². The first-order valence-electron chi connectivity index (χ1n) is 6.40. The fourth-order valence-corrected chi connectivity index (χ4v) is 2.17. The van der Waals surface area contributed by atoms with E-state index in [1.807, 2.05) is 0 Å². The molecule has 0 aromatic heterocycles. The molecule has 2 rings (SSSR count). The molecule has 110 valence electrons. The minimum absolute atomic E-state index is 0.0886. The Hall–Kier alpha value is -1.95. The summed E-state index contributed by atoms with van der Waals surface area (Å²) in [6.45, 7) is 1.63. The van der Waals surface area contributed by atoms with Gasteiger partial charge in [-0.25, -0.2) is 0 Å². The van der Waals surface area contributed by atoms with Crippen LogP contribution in [0.15, 0.2) is 12.1 Å². The first kappa shape index (κ1) is 14.5. The third-order valence-corrected chi connectivity index (χ3v) is 3.56. The number of hydrogen-bond acceptors (Lipinski definition) is 5. The Morgan fingerprint density at radius 2 is 1.80 bits per heavy atom. The molecule has 6 heteroatoms. The molecule has 6 nitrogen and oxygen atoms in total. The fourth-order valence-electron chi connectivity index (χ4n) is 2.17. The van der Waals surface area contributed by atoms with Crippen molar-refractivity contribution in [2.24, 2.45) is 0 Å². The molecule has 0 spiro atoms. The third kappa shape index (κ3) is 2.38. The minimum atomic E-state index is -0.0886. The lowest BCUT2D eigenvalue weighted by Crippen LogP contribution is -2.57. The predicted molar refractivity (Wildman–Crippen MR) is 74.8 cm³/mol. The number of rotatable bonds is 5. The van der Waals surface area contributed by atoms with Crippen LogP contribution in [0.5, 0.6) is 17.2 Å². The Morgan fingerprint density at radius 3 is 2.25 bits per heavy atom. The molecule has 1 aliphatic rings. The highest BCUT2D eigenvalue weighted by Crippen LogP contribution is 2.40. The highest BCUT2D eigenvalue weighted by atomic mass is 16.5. The molecule has 1 fully saturated rings. The van der Waals surface area contributed by atoms with Crippen molar-refractivity contribution in [1.82, 2.24) is 10.2 Å². The van der Waals surface area contributed by atoms with E-state index in [0.29, 0.717) is 22.8 Å². The second kappa shape index (κ2) is 6.00. The molecule has 1 aliphatic heterocycles. The maximum absolute atomic E-state index is 12.5. The average Bonchev–Trinajstić information content (AvgIpc) is 2.42. The van der Waals surface area contributed by atoms with Crippen LogP contribution < -0.4 is 19.5 Å². The van der Waals surface area contributed by atoms with Crippen molar-refractivity contribution in [2.75, 3.05) is 41.5 Å². The lowest BCUT2D eigenvalue weighted by Gasteiger charge is -2.35. The normalized spacial score (nSPS) is 14.4. The van der Waals surface area contributed by atoms with Crippen LogP contribution in [0.1, 0.15) is 10.4 Å². The van der Waals surface area contributed by atoms with Gasteiger partial charge in [0.2, 0.25) is 5.75 Å². The number of nitrogens with zero attached hydrogens (tertiary/aromatic N) is 1.